The lowest BCUT2D eigenvalue weighted by Crippen LogP contribution is -2.18. The Bertz CT molecular complexity index is 371. The van der Waals surface area contributed by atoms with Crippen molar-refractivity contribution in [2.75, 3.05) is 0 Å². The summed E-state index contributed by atoms with van der Waals surface area (Å²) in [6, 6.07) is 3.60. The Morgan fingerprint density at radius 2 is 2.29 bits per heavy atom. The first-order chi connectivity index (χ1) is 6.74. The molecule has 2 heteroatoms. The third-order valence-corrected chi connectivity index (χ3v) is 2.90. The monoisotopic (exact) mass is 189 g/mol. The number of phenols is 1. The molecule has 1 aromatic rings. The first kappa shape index (κ1) is 9.28. The Hall–Kier alpha value is -1.28. The molecule has 0 amide bonds. The van der Waals surface area contributed by atoms with E-state index >= 15 is 0 Å². The zero-order valence-electron chi connectivity index (χ0n) is 8.16. The summed E-state index contributed by atoms with van der Waals surface area (Å²) in [5, 5.41) is 9.73. The topological polar surface area (TPSA) is 46.2 Å². The van der Waals surface area contributed by atoms with Gasteiger partial charge in [-0.25, -0.2) is 0 Å². The van der Waals surface area contributed by atoms with Gasteiger partial charge in [0.05, 0.1) is 0 Å². The van der Waals surface area contributed by atoms with E-state index in [1.54, 1.807) is 6.07 Å². The fraction of sp³-hybridized carbons (Fsp3) is 0.333. The van der Waals surface area contributed by atoms with Gasteiger partial charge < -0.3 is 10.8 Å². The van der Waals surface area contributed by atoms with E-state index in [2.05, 4.69) is 6.58 Å². The molecule has 1 aromatic carbocycles. The Kier molecular flexibility index (Phi) is 2.30. The van der Waals surface area contributed by atoms with Crippen LogP contribution in [0.1, 0.15) is 35.6 Å². The molecule has 0 fully saturated rings. The Morgan fingerprint density at radius 1 is 1.50 bits per heavy atom. The number of fused-ring (bicyclic) bond motifs is 1. The van der Waals surface area contributed by atoms with Gasteiger partial charge in [-0.15, -0.1) is 0 Å². The highest BCUT2D eigenvalue weighted by Crippen LogP contribution is 2.36. The number of nitrogens with two attached hydrogens (primary N) is 1. The normalized spacial score (nSPS) is 20.2. The second kappa shape index (κ2) is 3.46. The number of hydrogen-bond acceptors (Lipinski definition) is 2. The van der Waals surface area contributed by atoms with Gasteiger partial charge in [0, 0.05) is 11.6 Å². The summed E-state index contributed by atoms with van der Waals surface area (Å²) in [7, 11) is 0. The minimum absolute atomic E-state index is 0.0151. The number of rotatable bonds is 1. The Balaban J connectivity index is 2.63. The lowest BCUT2D eigenvalue weighted by atomic mass is 9.84. The molecular formula is C12H15NO. The molecule has 2 rings (SSSR count). The van der Waals surface area contributed by atoms with Crippen LogP contribution in [0.4, 0.5) is 0 Å². The van der Waals surface area contributed by atoms with Crippen molar-refractivity contribution in [3.63, 3.8) is 0 Å². The van der Waals surface area contributed by atoms with Gasteiger partial charge in [-0.05, 0) is 36.5 Å². The quantitative estimate of drug-likeness (QED) is 0.712. The molecule has 0 saturated carbocycles. The molecule has 0 aromatic heterocycles. The molecule has 74 valence electrons. The molecule has 0 bridgehead atoms. The van der Waals surface area contributed by atoms with Crippen LogP contribution in [0.2, 0.25) is 0 Å². The van der Waals surface area contributed by atoms with Crippen molar-refractivity contribution in [1.82, 2.24) is 0 Å². The van der Waals surface area contributed by atoms with E-state index in [0.29, 0.717) is 5.75 Å². The number of phenolic OH excluding ortho intramolecular Hbond substituents is 1. The number of hydrogen-bond donors (Lipinski definition) is 2. The van der Waals surface area contributed by atoms with Gasteiger partial charge in [0.15, 0.2) is 0 Å². The van der Waals surface area contributed by atoms with Crippen LogP contribution in [-0.4, -0.2) is 5.11 Å². The molecule has 1 atom stereocenters. The summed E-state index contributed by atoms with van der Waals surface area (Å²) in [5.41, 5.74) is 9.19. The van der Waals surface area contributed by atoms with Crippen molar-refractivity contribution < 1.29 is 5.11 Å². The van der Waals surface area contributed by atoms with Gasteiger partial charge in [-0.1, -0.05) is 18.7 Å². The second-order valence-electron chi connectivity index (χ2n) is 3.77. The van der Waals surface area contributed by atoms with Crippen LogP contribution in [0.25, 0.3) is 6.08 Å². The van der Waals surface area contributed by atoms with E-state index < -0.39 is 0 Å². The van der Waals surface area contributed by atoms with E-state index in [4.69, 9.17) is 5.73 Å². The maximum atomic E-state index is 9.73. The van der Waals surface area contributed by atoms with E-state index in [0.717, 1.165) is 30.4 Å². The first-order valence-corrected chi connectivity index (χ1v) is 4.97. The molecule has 14 heavy (non-hydrogen) atoms. The smallest absolute Gasteiger partial charge is 0.120 e. The lowest BCUT2D eigenvalue weighted by Gasteiger charge is -2.24. The molecule has 0 unspecified atom stereocenters. The van der Waals surface area contributed by atoms with Gasteiger partial charge in [-0.2, -0.15) is 0 Å². The second-order valence-corrected chi connectivity index (χ2v) is 3.77. The van der Waals surface area contributed by atoms with Crippen molar-refractivity contribution in [1.29, 1.82) is 0 Å². The molecule has 0 saturated heterocycles. The predicted molar refractivity (Wildman–Crippen MR) is 58.1 cm³/mol. The van der Waals surface area contributed by atoms with Crippen LogP contribution < -0.4 is 5.73 Å². The van der Waals surface area contributed by atoms with Crippen molar-refractivity contribution in [2.24, 2.45) is 5.73 Å². The van der Waals surface area contributed by atoms with Gasteiger partial charge >= 0.3 is 0 Å². The molecule has 1 aliphatic carbocycles. The van der Waals surface area contributed by atoms with E-state index in [1.807, 2.05) is 12.1 Å². The van der Waals surface area contributed by atoms with E-state index in [9.17, 15) is 5.11 Å². The number of aromatic hydroxyl groups is 1. The third kappa shape index (κ3) is 1.32. The molecule has 1 aliphatic rings. The molecule has 3 N–H and O–H groups in total. The standard InChI is InChI=1S/C12H15NO/c1-2-8-6-7-11(14)12-9(8)4-3-5-10(12)13/h2,6-7,10,14H,1,3-5,13H2/t10-/m1/s1. The van der Waals surface area contributed by atoms with Gasteiger partial charge in [0.25, 0.3) is 0 Å². The van der Waals surface area contributed by atoms with Crippen molar-refractivity contribution in [3.05, 3.63) is 35.4 Å². The molecule has 0 aliphatic heterocycles. The SMILES string of the molecule is C=Cc1ccc(O)c2c1CCC[C@H]2N. The van der Waals surface area contributed by atoms with Crippen LogP contribution in [0.3, 0.4) is 0 Å². The molecule has 0 spiro atoms. The number of benzene rings is 1. The summed E-state index contributed by atoms with van der Waals surface area (Å²) >= 11 is 0. The largest absolute Gasteiger partial charge is 0.508 e. The Labute approximate surface area is 84.1 Å². The van der Waals surface area contributed by atoms with Crippen LogP contribution in [0.15, 0.2) is 18.7 Å². The van der Waals surface area contributed by atoms with Gasteiger partial charge in [-0.3, -0.25) is 0 Å². The van der Waals surface area contributed by atoms with Crippen molar-refractivity contribution >= 4 is 6.08 Å². The highest BCUT2D eigenvalue weighted by Gasteiger charge is 2.21. The minimum Gasteiger partial charge on any atom is -0.508 e. The highest BCUT2D eigenvalue weighted by atomic mass is 16.3. The summed E-state index contributed by atoms with van der Waals surface area (Å²) in [4.78, 5) is 0. The van der Waals surface area contributed by atoms with Crippen LogP contribution >= 0.6 is 0 Å². The average Bonchev–Trinajstić information content (AvgIpc) is 2.18. The minimum atomic E-state index is -0.0151. The van der Waals surface area contributed by atoms with Crippen LogP contribution in [0.5, 0.6) is 5.75 Å². The van der Waals surface area contributed by atoms with Gasteiger partial charge in [0.1, 0.15) is 5.75 Å². The zero-order chi connectivity index (χ0) is 10.1. The van der Waals surface area contributed by atoms with Gasteiger partial charge in [0.2, 0.25) is 0 Å². The maximum Gasteiger partial charge on any atom is 0.120 e. The average molecular weight is 189 g/mol. The third-order valence-electron chi connectivity index (χ3n) is 2.90. The fourth-order valence-electron chi connectivity index (χ4n) is 2.20. The summed E-state index contributed by atoms with van der Waals surface area (Å²) in [5.74, 6) is 0.331. The van der Waals surface area contributed by atoms with Crippen molar-refractivity contribution in [2.45, 2.75) is 25.3 Å². The summed E-state index contributed by atoms with van der Waals surface area (Å²) in [6.45, 7) is 3.77. The molecule has 0 radical (unpaired) electrons. The molecule has 2 nitrogen and oxygen atoms in total. The van der Waals surface area contributed by atoms with Crippen LogP contribution in [0, 0.1) is 0 Å². The zero-order valence-corrected chi connectivity index (χ0v) is 8.16. The maximum absolute atomic E-state index is 9.73. The summed E-state index contributed by atoms with van der Waals surface area (Å²) in [6.07, 6.45) is 4.88. The molecular weight excluding hydrogens is 174 g/mol. The predicted octanol–water partition coefficient (Wildman–Crippen LogP) is 2.37. The summed E-state index contributed by atoms with van der Waals surface area (Å²) < 4.78 is 0. The van der Waals surface area contributed by atoms with E-state index in [1.165, 1.54) is 5.56 Å². The lowest BCUT2D eigenvalue weighted by molar-refractivity contribution is 0.447. The van der Waals surface area contributed by atoms with Crippen molar-refractivity contribution in [3.8, 4) is 5.75 Å². The highest BCUT2D eigenvalue weighted by molar-refractivity contribution is 5.59. The fourth-order valence-corrected chi connectivity index (χ4v) is 2.20. The Morgan fingerprint density at radius 3 is 3.00 bits per heavy atom. The van der Waals surface area contributed by atoms with Crippen LogP contribution in [-0.2, 0) is 6.42 Å². The first-order valence-electron chi connectivity index (χ1n) is 4.97. The van der Waals surface area contributed by atoms with E-state index in [-0.39, 0.29) is 6.04 Å². The molecule has 0 heterocycles.